The second-order valence-corrected chi connectivity index (χ2v) is 8.70. The molecule has 3 aromatic rings. The van der Waals surface area contributed by atoms with Gasteiger partial charge in [0.2, 0.25) is 5.89 Å². The van der Waals surface area contributed by atoms with Crippen LogP contribution in [0.3, 0.4) is 0 Å². The van der Waals surface area contributed by atoms with Crippen LogP contribution in [-0.4, -0.2) is 22.4 Å². The molecule has 3 aliphatic carbocycles. The van der Waals surface area contributed by atoms with Gasteiger partial charge < -0.3 is 14.5 Å². The molecule has 0 saturated heterocycles. The summed E-state index contributed by atoms with van der Waals surface area (Å²) in [6.07, 6.45) is 11.8. The van der Waals surface area contributed by atoms with Crippen molar-refractivity contribution in [2.24, 2.45) is 23.2 Å². The van der Waals surface area contributed by atoms with Gasteiger partial charge in [-0.15, -0.1) is 0 Å². The zero-order chi connectivity index (χ0) is 20.1. The second-order valence-electron chi connectivity index (χ2n) is 8.70. The number of carbonyl (C=O) groups is 1. The van der Waals surface area contributed by atoms with Crippen LogP contribution in [0, 0.1) is 23.2 Å². The van der Waals surface area contributed by atoms with Crippen LogP contribution < -0.4 is 10.1 Å². The predicted octanol–water partition coefficient (Wildman–Crippen LogP) is 4.13. The Morgan fingerprint density at radius 1 is 1.23 bits per heavy atom. The molecule has 1 N–H and O–H groups in total. The van der Waals surface area contributed by atoms with Crippen LogP contribution in [0.15, 0.2) is 59.4 Å². The maximum absolute atomic E-state index is 12.5. The Labute approximate surface area is 174 Å². The van der Waals surface area contributed by atoms with Crippen molar-refractivity contribution in [1.82, 2.24) is 15.3 Å². The number of oxazole rings is 1. The molecule has 1 amide bonds. The first-order valence-corrected chi connectivity index (χ1v) is 10.6. The number of ether oxygens (including phenoxy) is 1. The van der Waals surface area contributed by atoms with Gasteiger partial charge in [-0.25, -0.2) is 4.98 Å². The van der Waals surface area contributed by atoms with Crippen molar-refractivity contribution in [3.63, 3.8) is 0 Å². The first kappa shape index (κ1) is 17.7. The maximum atomic E-state index is 12.5. The molecule has 152 valence electrons. The predicted molar refractivity (Wildman–Crippen MR) is 111 cm³/mol. The summed E-state index contributed by atoms with van der Waals surface area (Å²) < 4.78 is 11.3. The van der Waals surface area contributed by atoms with Gasteiger partial charge in [-0.2, -0.15) is 0 Å². The highest BCUT2D eigenvalue weighted by Crippen LogP contribution is 2.69. The lowest BCUT2D eigenvalue weighted by molar-refractivity contribution is 0.0939. The minimum Gasteiger partial charge on any atom is -0.482 e. The summed E-state index contributed by atoms with van der Waals surface area (Å²) in [4.78, 5) is 21.2. The Balaban J connectivity index is 1.07. The molecule has 1 spiro atoms. The summed E-state index contributed by atoms with van der Waals surface area (Å²) in [5, 5.41) is 4.06. The smallest absolute Gasteiger partial charge is 0.273 e. The first-order valence-electron chi connectivity index (χ1n) is 10.6. The average Bonchev–Trinajstić information content (AvgIpc) is 3.19. The molecule has 1 aromatic carbocycles. The number of nitrogens with zero attached hydrogens (tertiary/aromatic N) is 2. The number of amides is 1. The molecule has 30 heavy (non-hydrogen) atoms. The van der Waals surface area contributed by atoms with Crippen molar-refractivity contribution in [3.05, 3.63) is 66.5 Å². The minimum absolute atomic E-state index is 0.142. The van der Waals surface area contributed by atoms with Crippen molar-refractivity contribution >= 4 is 16.8 Å². The van der Waals surface area contributed by atoms with Crippen molar-refractivity contribution in [3.8, 4) is 5.75 Å². The molecule has 6 nitrogen and oxygen atoms in total. The highest BCUT2D eigenvalue weighted by Gasteiger charge is 2.62. The number of nitrogens with one attached hydrogen (secondary N) is 1. The van der Waals surface area contributed by atoms with Crippen LogP contribution in [0.5, 0.6) is 5.75 Å². The summed E-state index contributed by atoms with van der Waals surface area (Å²) in [6, 6.07) is 9.65. The largest absolute Gasteiger partial charge is 0.482 e. The van der Waals surface area contributed by atoms with E-state index in [-0.39, 0.29) is 12.5 Å². The van der Waals surface area contributed by atoms with Crippen molar-refractivity contribution in [2.75, 3.05) is 6.54 Å². The van der Waals surface area contributed by atoms with Crippen LogP contribution in [0.2, 0.25) is 0 Å². The monoisotopic (exact) mass is 401 g/mol. The van der Waals surface area contributed by atoms with E-state index in [1.165, 1.54) is 25.5 Å². The van der Waals surface area contributed by atoms with Crippen LogP contribution in [0.4, 0.5) is 0 Å². The quantitative estimate of drug-likeness (QED) is 0.629. The molecule has 2 aromatic heterocycles. The molecule has 0 radical (unpaired) electrons. The molecule has 2 bridgehead atoms. The topological polar surface area (TPSA) is 77.2 Å². The van der Waals surface area contributed by atoms with Gasteiger partial charge in [-0.1, -0.05) is 30.4 Å². The Hall–Kier alpha value is -3.15. The van der Waals surface area contributed by atoms with Gasteiger partial charge in [-0.3, -0.25) is 9.78 Å². The molecule has 3 aliphatic rings. The minimum atomic E-state index is -0.187. The number of para-hydroxylation sites is 1. The summed E-state index contributed by atoms with van der Waals surface area (Å²) in [5.41, 5.74) is 1.63. The van der Waals surface area contributed by atoms with Gasteiger partial charge in [0.1, 0.15) is 17.5 Å². The third-order valence-corrected chi connectivity index (χ3v) is 7.10. The Bertz CT molecular complexity index is 1140. The number of rotatable bonds is 6. The number of hydrogen-bond donors (Lipinski definition) is 1. The van der Waals surface area contributed by atoms with Gasteiger partial charge in [0.05, 0.1) is 0 Å². The molecule has 0 aliphatic heterocycles. The van der Waals surface area contributed by atoms with Gasteiger partial charge in [-0.05, 0) is 54.6 Å². The Morgan fingerprint density at radius 2 is 2.13 bits per heavy atom. The maximum Gasteiger partial charge on any atom is 0.273 e. The van der Waals surface area contributed by atoms with Crippen molar-refractivity contribution in [2.45, 2.75) is 25.9 Å². The third-order valence-electron chi connectivity index (χ3n) is 7.10. The lowest BCUT2D eigenvalue weighted by Gasteiger charge is -2.19. The van der Waals surface area contributed by atoms with E-state index in [4.69, 9.17) is 9.15 Å². The fourth-order valence-electron chi connectivity index (χ4n) is 5.48. The SMILES string of the molecule is O=C(NC[C@H]1C[C@H]2C=C[C@H]1C21CC1)c1coc(COc2cccc3cccnc23)n1. The van der Waals surface area contributed by atoms with Gasteiger partial charge >= 0.3 is 0 Å². The molecule has 3 atom stereocenters. The van der Waals surface area contributed by atoms with Gasteiger partial charge in [0, 0.05) is 18.1 Å². The Kier molecular flexibility index (Phi) is 3.94. The van der Waals surface area contributed by atoms with E-state index < -0.39 is 0 Å². The summed E-state index contributed by atoms with van der Waals surface area (Å²) in [5.74, 6) is 2.75. The summed E-state index contributed by atoms with van der Waals surface area (Å²) in [7, 11) is 0. The van der Waals surface area contributed by atoms with Crippen LogP contribution in [0.25, 0.3) is 10.9 Å². The fraction of sp³-hybridized carbons (Fsp3) is 0.375. The molecule has 6 rings (SSSR count). The number of hydrogen-bond acceptors (Lipinski definition) is 5. The zero-order valence-electron chi connectivity index (χ0n) is 16.6. The number of pyridine rings is 1. The van der Waals surface area contributed by atoms with Crippen LogP contribution in [0.1, 0.15) is 35.6 Å². The number of aromatic nitrogens is 2. The van der Waals surface area contributed by atoms with E-state index in [0.29, 0.717) is 41.1 Å². The van der Waals surface area contributed by atoms with Crippen molar-refractivity contribution < 1.29 is 13.9 Å². The lowest BCUT2D eigenvalue weighted by atomic mass is 9.89. The third kappa shape index (κ3) is 2.82. The molecule has 0 unspecified atom stereocenters. The highest BCUT2D eigenvalue weighted by molar-refractivity contribution is 5.91. The Morgan fingerprint density at radius 3 is 3.00 bits per heavy atom. The molecule has 6 heteroatoms. The normalized spacial score (nSPS) is 25.1. The highest BCUT2D eigenvalue weighted by atomic mass is 16.5. The van der Waals surface area contributed by atoms with Crippen LogP contribution >= 0.6 is 0 Å². The van der Waals surface area contributed by atoms with E-state index in [2.05, 4.69) is 27.4 Å². The molecular weight excluding hydrogens is 378 g/mol. The fourth-order valence-corrected chi connectivity index (χ4v) is 5.48. The van der Waals surface area contributed by atoms with E-state index in [1.54, 1.807) is 6.20 Å². The van der Waals surface area contributed by atoms with Gasteiger partial charge in [0.15, 0.2) is 12.3 Å². The summed E-state index contributed by atoms with van der Waals surface area (Å²) >= 11 is 0. The number of benzene rings is 1. The van der Waals surface area contributed by atoms with E-state index in [9.17, 15) is 4.79 Å². The molecule has 2 fully saturated rings. The zero-order valence-corrected chi connectivity index (χ0v) is 16.6. The first-order chi connectivity index (χ1) is 14.7. The second kappa shape index (κ2) is 6.69. The summed E-state index contributed by atoms with van der Waals surface area (Å²) in [6.45, 7) is 0.842. The standard InChI is InChI=1S/C24H23N3O3/c28-23(26-12-16-11-17-6-7-18(16)24(17)8-9-24)19-13-30-21(27-19)14-29-20-5-1-3-15-4-2-10-25-22(15)20/h1-7,10,13,16-18H,8-9,11-12,14H2,(H,26,28)/t16-,17-,18-/m1/s1. The van der Waals surface area contributed by atoms with Crippen molar-refractivity contribution in [1.29, 1.82) is 0 Å². The number of allylic oxidation sites excluding steroid dienone is 2. The van der Waals surface area contributed by atoms with E-state index >= 15 is 0 Å². The van der Waals surface area contributed by atoms with E-state index in [1.807, 2.05) is 30.3 Å². The molecule has 2 saturated carbocycles. The van der Waals surface area contributed by atoms with Gasteiger partial charge in [0.25, 0.3) is 5.91 Å². The average molecular weight is 401 g/mol. The number of carbonyl (C=O) groups excluding carboxylic acids is 1. The molecular formula is C24H23N3O3. The van der Waals surface area contributed by atoms with E-state index in [0.717, 1.165) is 16.8 Å². The molecule has 2 heterocycles. The number of fused-ring (bicyclic) bond motifs is 1. The van der Waals surface area contributed by atoms with Crippen LogP contribution in [-0.2, 0) is 6.61 Å². The lowest BCUT2D eigenvalue weighted by Crippen LogP contribution is -2.31.